The van der Waals surface area contributed by atoms with Crippen LogP contribution in [-0.4, -0.2) is 58.8 Å². The first kappa shape index (κ1) is 20.1. The van der Waals surface area contributed by atoms with Gasteiger partial charge in [0.2, 0.25) is 6.35 Å². The number of aliphatic hydroxyl groups excluding tert-OH is 1. The highest BCUT2D eigenvalue weighted by molar-refractivity contribution is 6.06. The number of hydrogen-bond acceptors (Lipinski definition) is 5. The van der Waals surface area contributed by atoms with Gasteiger partial charge in [-0.25, -0.2) is 9.98 Å². The van der Waals surface area contributed by atoms with Crippen LogP contribution in [0, 0.1) is 5.41 Å². The van der Waals surface area contributed by atoms with Gasteiger partial charge in [0.05, 0.1) is 6.34 Å². The van der Waals surface area contributed by atoms with Gasteiger partial charge in [0.25, 0.3) is 0 Å². The Labute approximate surface area is 145 Å². The fraction of sp³-hybridized carbons (Fsp3) is 0.611. The van der Waals surface area contributed by atoms with Crippen LogP contribution in [0.4, 0.5) is 0 Å². The Morgan fingerprint density at radius 1 is 1.29 bits per heavy atom. The SMILES string of the molecule is CN(C)/C=N/C1=NC(O)N(C(C)(C)C)C=C1/C=C/C(=O)C(C)(C)C. The van der Waals surface area contributed by atoms with Gasteiger partial charge < -0.3 is 14.9 Å². The fourth-order valence-corrected chi connectivity index (χ4v) is 1.87. The highest BCUT2D eigenvalue weighted by Gasteiger charge is 2.29. The molecular formula is C18H30N4O2. The summed E-state index contributed by atoms with van der Waals surface area (Å²) in [5.74, 6) is 0.419. The van der Waals surface area contributed by atoms with E-state index in [1.54, 1.807) is 34.5 Å². The molecule has 0 saturated carbocycles. The largest absolute Gasteiger partial charge is 0.369 e. The Balaban J connectivity index is 3.22. The Hall–Kier alpha value is -1.95. The molecule has 6 nitrogen and oxygen atoms in total. The van der Waals surface area contributed by atoms with E-state index in [4.69, 9.17) is 0 Å². The number of aliphatic imine (C=N–C) groups is 2. The number of ketones is 1. The molecule has 0 aliphatic carbocycles. The molecule has 1 aliphatic heterocycles. The molecule has 1 aliphatic rings. The lowest BCUT2D eigenvalue weighted by atomic mass is 9.90. The van der Waals surface area contributed by atoms with Crippen molar-refractivity contribution in [2.45, 2.75) is 53.4 Å². The minimum atomic E-state index is -1.00. The van der Waals surface area contributed by atoms with Crippen LogP contribution in [0.25, 0.3) is 0 Å². The summed E-state index contributed by atoms with van der Waals surface area (Å²) in [5.41, 5.74) is -0.0719. The Morgan fingerprint density at radius 2 is 1.88 bits per heavy atom. The van der Waals surface area contributed by atoms with Gasteiger partial charge in [-0.2, -0.15) is 0 Å². The van der Waals surface area contributed by atoms with E-state index >= 15 is 0 Å². The molecule has 0 spiro atoms. The summed E-state index contributed by atoms with van der Waals surface area (Å²) in [4.78, 5) is 24.3. The summed E-state index contributed by atoms with van der Waals surface area (Å²) in [6.45, 7) is 11.6. The van der Waals surface area contributed by atoms with Crippen molar-refractivity contribution in [3.63, 3.8) is 0 Å². The van der Waals surface area contributed by atoms with E-state index in [0.29, 0.717) is 11.4 Å². The van der Waals surface area contributed by atoms with E-state index in [1.807, 2.05) is 55.6 Å². The first-order valence-corrected chi connectivity index (χ1v) is 8.02. The van der Waals surface area contributed by atoms with Crippen molar-refractivity contribution in [3.8, 4) is 0 Å². The van der Waals surface area contributed by atoms with E-state index in [1.165, 1.54) is 0 Å². The highest BCUT2D eigenvalue weighted by atomic mass is 16.3. The number of amidine groups is 1. The van der Waals surface area contributed by atoms with Gasteiger partial charge >= 0.3 is 0 Å². The Bertz CT molecular complexity index is 587. The molecule has 0 radical (unpaired) electrons. The van der Waals surface area contributed by atoms with Gasteiger partial charge in [0.1, 0.15) is 0 Å². The zero-order valence-electron chi connectivity index (χ0n) is 16.0. The minimum Gasteiger partial charge on any atom is -0.369 e. The Kier molecular flexibility index (Phi) is 6.11. The zero-order valence-corrected chi connectivity index (χ0v) is 16.0. The zero-order chi connectivity index (χ0) is 18.7. The molecule has 6 heteroatoms. The summed E-state index contributed by atoms with van der Waals surface area (Å²) in [6, 6.07) is 0. The van der Waals surface area contributed by atoms with Crippen LogP contribution in [0.15, 0.2) is 33.9 Å². The monoisotopic (exact) mass is 334 g/mol. The summed E-state index contributed by atoms with van der Waals surface area (Å²) >= 11 is 0. The van der Waals surface area contributed by atoms with Crippen LogP contribution >= 0.6 is 0 Å². The van der Waals surface area contributed by atoms with Crippen molar-refractivity contribution in [1.29, 1.82) is 0 Å². The van der Waals surface area contributed by atoms with Gasteiger partial charge in [0.15, 0.2) is 11.6 Å². The highest BCUT2D eigenvalue weighted by Crippen LogP contribution is 2.24. The topological polar surface area (TPSA) is 68.5 Å². The van der Waals surface area contributed by atoms with Gasteiger partial charge in [0, 0.05) is 36.8 Å². The van der Waals surface area contributed by atoms with Crippen LogP contribution in [0.3, 0.4) is 0 Å². The van der Waals surface area contributed by atoms with Gasteiger partial charge in [-0.15, -0.1) is 0 Å². The molecule has 0 fully saturated rings. The maximum absolute atomic E-state index is 12.2. The fourth-order valence-electron chi connectivity index (χ4n) is 1.87. The molecule has 0 bridgehead atoms. The van der Waals surface area contributed by atoms with Gasteiger partial charge in [-0.05, 0) is 32.9 Å². The molecule has 1 atom stereocenters. The number of nitrogens with zero attached hydrogens (tertiary/aromatic N) is 4. The van der Waals surface area contributed by atoms with Crippen molar-refractivity contribution in [2.75, 3.05) is 14.1 Å². The van der Waals surface area contributed by atoms with Crippen LogP contribution < -0.4 is 0 Å². The molecule has 0 aromatic rings. The summed E-state index contributed by atoms with van der Waals surface area (Å²) in [6.07, 6.45) is 5.67. The smallest absolute Gasteiger partial charge is 0.227 e. The molecule has 24 heavy (non-hydrogen) atoms. The number of rotatable bonds is 3. The lowest BCUT2D eigenvalue weighted by molar-refractivity contribution is -0.121. The third-order valence-electron chi connectivity index (χ3n) is 3.36. The quantitative estimate of drug-likeness (QED) is 0.489. The van der Waals surface area contributed by atoms with Crippen molar-refractivity contribution in [2.24, 2.45) is 15.4 Å². The predicted octanol–water partition coefficient (Wildman–Crippen LogP) is 2.42. The molecule has 1 heterocycles. The maximum Gasteiger partial charge on any atom is 0.227 e. The molecule has 1 unspecified atom stereocenters. The second-order valence-corrected chi connectivity index (χ2v) is 8.12. The van der Waals surface area contributed by atoms with Crippen molar-refractivity contribution in [1.82, 2.24) is 9.80 Å². The van der Waals surface area contributed by atoms with Crippen LogP contribution in [-0.2, 0) is 4.79 Å². The van der Waals surface area contributed by atoms with Crippen molar-refractivity contribution < 1.29 is 9.90 Å². The maximum atomic E-state index is 12.2. The summed E-state index contributed by atoms with van der Waals surface area (Å²) in [5, 5.41) is 10.3. The second-order valence-electron chi connectivity index (χ2n) is 8.12. The summed E-state index contributed by atoms with van der Waals surface area (Å²) < 4.78 is 0. The van der Waals surface area contributed by atoms with Gasteiger partial charge in [-0.3, -0.25) is 4.79 Å². The minimum absolute atomic E-state index is 0.0211. The lowest BCUT2D eigenvalue weighted by Crippen LogP contribution is -2.46. The number of carbonyl (C=O) groups is 1. The number of aliphatic hydroxyl groups is 1. The van der Waals surface area contributed by atoms with Crippen LogP contribution in [0.2, 0.25) is 0 Å². The van der Waals surface area contributed by atoms with Crippen LogP contribution in [0.1, 0.15) is 41.5 Å². The molecule has 0 amide bonds. The standard InChI is InChI=1S/C18H30N4O2/c1-17(2,3)14(23)10-9-13-11-22(18(4,5)6)16(24)20-15(13)19-12-21(7)8/h9-12,16,24H,1-8H3/b10-9+,19-12+. The second kappa shape index (κ2) is 7.30. The van der Waals surface area contributed by atoms with E-state index in [0.717, 1.165) is 0 Å². The normalized spacial score (nSPS) is 19.7. The average Bonchev–Trinajstić information content (AvgIpc) is 2.40. The third kappa shape index (κ3) is 5.60. The lowest BCUT2D eigenvalue weighted by Gasteiger charge is -2.39. The predicted molar refractivity (Wildman–Crippen MR) is 98.9 cm³/mol. The molecule has 0 aromatic carbocycles. The number of allylic oxidation sites excluding steroid dienone is 1. The van der Waals surface area contributed by atoms with E-state index in [9.17, 15) is 9.90 Å². The van der Waals surface area contributed by atoms with E-state index < -0.39 is 11.8 Å². The van der Waals surface area contributed by atoms with E-state index in [2.05, 4.69) is 9.98 Å². The Morgan fingerprint density at radius 3 is 2.33 bits per heavy atom. The van der Waals surface area contributed by atoms with Crippen LogP contribution in [0.5, 0.6) is 0 Å². The summed E-state index contributed by atoms with van der Waals surface area (Å²) in [7, 11) is 3.71. The molecular weight excluding hydrogens is 304 g/mol. The van der Waals surface area contributed by atoms with Crippen molar-refractivity contribution >= 4 is 18.0 Å². The number of carbonyl (C=O) groups excluding carboxylic acids is 1. The third-order valence-corrected chi connectivity index (χ3v) is 3.36. The number of hydrogen-bond donors (Lipinski definition) is 1. The first-order valence-electron chi connectivity index (χ1n) is 8.02. The van der Waals surface area contributed by atoms with Crippen molar-refractivity contribution in [3.05, 3.63) is 23.9 Å². The van der Waals surface area contributed by atoms with Gasteiger partial charge in [-0.1, -0.05) is 20.8 Å². The molecule has 0 aromatic heterocycles. The molecule has 1 N–H and O–H groups in total. The molecule has 1 rings (SSSR count). The first-order chi connectivity index (χ1) is 10.8. The molecule has 134 valence electrons. The molecule has 0 saturated heterocycles. The van der Waals surface area contributed by atoms with E-state index in [-0.39, 0.29) is 11.3 Å². The average molecular weight is 334 g/mol.